The van der Waals surface area contributed by atoms with Crippen LogP contribution in [0.4, 0.5) is 4.39 Å². The summed E-state index contributed by atoms with van der Waals surface area (Å²) in [5.74, 6) is 0.132. The van der Waals surface area contributed by atoms with Crippen LogP contribution in [-0.4, -0.2) is 9.97 Å². The molecule has 0 aliphatic carbocycles. The van der Waals surface area contributed by atoms with Crippen molar-refractivity contribution < 1.29 is 4.39 Å². The molecule has 0 amide bonds. The molecular formula is C13H15FN2. The van der Waals surface area contributed by atoms with Crippen molar-refractivity contribution in [3.05, 3.63) is 48.0 Å². The monoisotopic (exact) mass is 218 g/mol. The molecule has 0 saturated carbocycles. The molecule has 0 saturated heterocycles. The summed E-state index contributed by atoms with van der Waals surface area (Å²) in [5.41, 5.74) is 2.08. The second kappa shape index (κ2) is 5.95. The molecule has 0 N–H and O–H groups in total. The van der Waals surface area contributed by atoms with E-state index in [1.165, 1.54) is 18.0 Å². The van der Waals surface area contributed by atoms with Crippen molar-refractivity contribution in [2.45, 2.75) is 20.8 Å². The molecule has 1 heterocycles. The molecule has 16 heavy (non-hydrogen) atoms. The molecule has 0 spiro atoms. The van der Waals surface area contributed by atoms with Gasteiger partial charge >= 0.3 is 0 Å². The van der Waals surface area contributed by atoms with Crippen LogP contribution in [0.1, 0.15) is 19.4 Å². The zero-order chi connectivity index (χ0) is 12.0. The van der Waals surface area contributed by atoms with E-state index in [4.69, 9.17) is 0 Å². The Bertz CT molecular complexity index is 377. The van der Waals surface area contributed by atoms with Gasteiger partial charge in [0.05, 0.1) is 12.4 Å². The molecule has 0 fully saturated rings. The second-order valence-corrected chi connectivity index (χ2v) is 3.09. The Kier molecular flexibility index (Phi) is 4.58. The van der Waals surface area contributed by atoms with E-state index in [1.54, 1.807) is 0 Å². The minimum atomic E-state index is -0.416. The Hall–Kier alpha value is -1.77. The predicted molar refractivity (Wildman–Crippen MR) is 63.5 cm³/mol. The molecule has 3 heteroatoms. The standard InChI is InChI=1S/C11H9FN2.C2H6/c1-8-2-4-9(5-3-8)11-13-6-10(12)7-14-11;1-2/h2-7H,1H3;1-2H3. The van der Waals surface area contributed by atoms with Gasteiger partial charge in [0.15, 0.2) is 11.6 Å². The van der Waals surface area contributed by atoms with Crippen molar-refractivity contribution in [1.82, 2.24) is 9.97 Å². The van der Waals surface area contributed by atoms with Gasteiger partial charge in [0, 0.05) is 5.56 Å². The SMILES string of the molecule is CC.Cc1ccc(-c2ncc(F)cn2)cc1. The average Bonchev–Trinajstić information content (AvgIpc) is 2.34. The molecular weight excluding hydrogens is 203 g/mol. The van der Waals surface area contributed by atoms with Crippen LogP contribution in [0.2, 0.25) is 0 Å². The molecule has 2 rings (SSSR count). The van der Waals surface area contributed by atoms with Crippen LogP contribution in [0.3, 0.4) is 0 Å². The maximum Gasteiger partial charge on any atom is 0.159 e. The topological polar surface area (TPSA) is 25.8 Å². The first kappa shape index (κ1) is 12.3. The zero-order valence-corrected chi connectivity index (χ0v) is 9.74. The van der Waals surface area contributed by atoms with Gasteiger partial charge in [-0.25, -0.2) is 14.4 Å². The van der Waals surface area contributed by atoms with Gasteiger partial charge in [-0.3, -0.25) is 0 Å². The van der Waals surface area contributed by atoms with E-state index >= 15 is 0 Å². The number of nitrogens with zero attached hydrogens (tertiary/aromatic N) is 2. The van der Waals surface area contributed by atoms with E-state index in [9.17, 15) is 4.39 Å². The van der Waals surface area contributed by atoms with Crippen LogP contribution in [0, 0.1) is 12.7 Å². The van der Waals surface area contributed by atoms with Gasteiger partial charge in [-0.1, -0.05) is 43.7 Å². The molecule has 0 radical (unpaired) electrons. The Labute approximate surface area is 95.2 Å². The van der Waals surface area contributed by atoms with Gasteiger partial charge in [0.25, 0.3) is 0 Å². The van der Waals surface area contributed by atoms with E-state index in [1.807, 2.05) is 45.0 Å². The third kappa shape index (κ3) is 3.12. The summed E-state index contributed by atoms with van der Waals surface area (Å²) in [5, 5.41) is 0. The van der Waals surface area contributed by atoms with E-state index in [-0.39, 0.29) is 0 Å². The van der Waals surface area contributed by atoms with Crippen LogP contribution in [0.15, 0.2) is 36.7 Å². The number of aryl methyl sites for hydroxylation is 1. The molecule has 1 aromatic carbocycles. The number of halogens is 1. The normalized spacial score (nSPS) is 9.25. The highest BCUT2D eigenvalue weighted by Crippen LogP contribution is 2.14. The molecule has 0 aliphatic rings. The van der Waals surface area contributed by atoms with Crippen molar-refractivity contribution in [2.75, 3.05) is 0 Å². The maximum absolute atomic E-state index is 12.5. The van der Waals surface area contributed by atoms with E-state index in [0.717, 1.165) is 5.56 Å². The lowest BCUT2D eigenvalue weighted by Crippen LogP contribution is -1.89. The van der Waals surface area contributed by atoms with E-state index < -0.39 is 5.82 Å². The van der Waals surface area contributed by atoms with Gasteiger partial charge < -0.3 is 0 Å². The summed E-state index contributed by atoms with van der Waals surface area (Å²) in [6.07, 6.45) is 2.34. The molecule has 1 aromatic heterocycles. The fourth-order valence-corrected chi connectivity index (χ4v) is 1.16. The Morgan fingerprint density at radius 3 is 1.94 bits per heavy atom. The van der Waals surface area contributed by atoms with Crippen LogP contribution in [-0.2, 0) is 0 Å². The first-order valence-electron chi connectivity index (χ1n) is 5.30. The molecule has 2 aromatic rings. The quantitative estimate of drug-likeness (QED) is 0.730. The van der Waals surface area contributed by atoms with E-state index in [2.05, 4.69) is 9.97 Å². The summed E-state index contributed by atoms with van der Waals surface area (Å²) >= 11 is 0. The second-order valence-electron chi connectivity index (χ2n) is 3.09. The Morgan fingerprint density at radius 2 is 1.44 bits per heavy atom. The Morgan fingerprint density at radius 1 is 0.938 bits per heavy atom. The van der Waals surface area contributed by atoms with Gasteiger partial charge in [-0.2, -0.15) is 0 Å². The van der Waals surface area contributed by atoms with Crippen LogP contribution in [0.5, 0.6) is 0 Å². The van der Waals surface area contributed by atoms with Crippen molar-refractivity contribution in [3.63, 3.8) is 0 Å². The molecule has 0 atom stereocenters. The number of aromatic nitrogens is 2. The molecule has 84 valence electrons. The number of benzene rings is 1. The molecule has 2 nitrogen and oxygen atoms in total. The van der Waals surface area contributed by atoms with Crippen molar-refractivity contribution in [2.24, 2.45) is 0 Å². The molecule has 0 bridgehead atoms. The summed E-state index contributed by atoms with van der Waals surface area (Å²) in [6.45, 7) is 6.01. The highest BCUT2D eigenvalue weighted by molar-refractivity contribution is 5.54. The minimum Gasteiger partial charge on any atom is -0.233 e. The predicted octanol–water partition coefficient (Wildman–Crippen LogP) is 3.62. The van der Waals surface area contributed by atoms with Crippen LogP contribution >= 0.6 is 0 Å². The molecule has 0 aliphatic heterocycles. The fraction of sp³-hybridized carbons (Fsp3) is 0.231. The zero-order valence-electron chi connectivity index (χ0n) is 9.74. The smallest absolute Gasteiger partial charge is 0.159 e. The lowest BCUT2D eigenvalue weighted by atomic mass is 10.1. The van der Waals surface area contributed by atoms with Gasteiger partial charge in [-0.05, 0) is 6.92 Å². The largest absolute Gasteiger partial charge is 0.233 e. The first-order valence-corrected chi connectivity index (χ1v) is 5.30. The van der Waals surface area contributed by atoms with Crippen molar-refractivity contribution in [3.8, 4) is 11.4 Å². The van der Waals surface area contributed by atoms with Gasteiger partial charge in [0.2, 0.25) is 0 Å². The third-order valence-electron chi connectivity index (χ3n) is 1.93. The van der Waals surface area contributed by atoms with Crippen LogP contribution < -0.4 is 0 Å². The fourth-order valence-electron chi connectivity index (χ4n) is 1.16. The number of rotatable bonds is 1. The van der Waals surface area contributed by atoms with Crippen molar-refractivity contribution >= 4 is 0 Å². The summed E-state index contributed by atoms with van der Waals surface area (Å²) in [6, 6.07) is 7.79. The number of hydrogen-bond donors (Lipinski definition) is 0. The van der Waals surface area contributed by atoms with Crippen LogP contribution in [0.25, 0.3) is 11.4 Å². The lowest BCUT2D eigenvalue weighted by Gasteiger charge is -1.99. The van der Waals surface area contributed by atoms with Gasteiger partial charge in [-0.15, -0.1) is 0 Å². The van der Waals surface area contributed by atoms with E-state index in [0.29, 0.717) is 5.82 Å². The average molecular weight is 218 g/mol. The highest BCUT2D eigenvalue weighted by Gasteiger charge is 1.99. The summed E-state index contributed by atoms with van der Waals surface area (Å²) in [4.78, 5) is 7.78. The lowest BCUT2D eigenvalue weighted by molar-refractivity contribution is 0.614. The first-order chi connectivity index (χ1) is 7.75. The van der Waals surface area contributed by atoms with Crippen molar-refractivity contribution in [1.29, 1.82) is 0 Å². The molecule has 0 unspecified atom stereocenters. The minimum absolute atomic E-state index is 0.416. The maximum atomic E-state index is 12.5. The van der Waals surface area contributed by atoms with Gasteiger partial charge in [0.1, 0.15) is 0 Å². The third-order valence-corrected chi connectivity index (χ3v) is 1.93. The summed E-state index contributed by atoms with van der Waals surface area (Å²) in [7, 11) is 0. The highest BCUT2D eigenvalue weighted by atomic mass is 19.1. The number of hydrogen-bond acceptors (Lipinski definition) is 2. The summed E-state index contributed by atoms with van der Waals surface area (Å²) < 4.78 is 12.5. The Balaban J connectivity index is 0.000000606.